The lowest BCUT2D eigenvalue weighted by molar-refractivity contribution is 0.0699. The van der Waals surface area contributed by atoms with Crippen LogP contribution in [-0.2, 0) is 17.7 Å². The highest BCUT2D eigenvalue weighted by Gasteiger charge is 2.20. The smallest absolute Gasteiger partial charge is 0.336 e. The summed E-state index contributed by atoms with van der Waals surface area (Å²) < 4.78 is 7.25. The van der Waals surface area contributed by atoms with E-state index >= 15 is 0 Å². The number of nitrogens with zero attached hydrogens (tertiary/aromatic N) is 3. The molecule has 0 aliphatic rings. The summed E-state index contributed by atoms with van der Waals surface area (Å²) >= 11 is 0. The molecule has 0 bridgehead atoms. The molecule has 0 aliphatic heterocycles. The molecule has 0 radical (unpaired) electrons. The lowest BCUT2D eigenvalue weighted by Crippen LogP contribution is -2.40. The largest absolute Gasteiger partial charge is 0.508 e. The molecule has 2 aromatic heterocycles. The van der Waals surface area contributed by atoms with Gasteiger partial charge in [0, 0.05) is 31.4 Å². The van der Waals surface area contributed by atoms with Crippen LogP contribution in [0.3, 0.4) is 0 Å². The van der Waals surface area contributed by atoms with Crippen molar-refractivity contribution in [2.45, 2.75) is 19.0 Å². The number of aromatic carboxylic acids is 1. The van der Waals surface area contributed by atoms with Crippen molar-refractivity contribution in [1.29, 1.82) is 0 Å². The number of phenols is 1. The van der Waals surface area contributed by atoms with E-state index in [1.54, 1.807) is 48.9 Å². The summed E-state index contributed by atoms with van der Waals surface area (Å²) in [7, 11) is 1.54. The topological polar surface area (TPSA) is 127 Å². The fourth-order valence-electron chi connectivity index (χ4n) is 4.67. The molecule has 2 heterocycles. The Morgan fingerprint density at radius 3 is 2.52 bits per heavy atom. The zero-order chi connectivity index (χ0) is 28.1. The normalized spacial score (nSPS) is 11.8. The van der Waals surface area contributed by atoms with Crippen molar-refractivity contribution in [3.8, 4) is 16.9 Å². The number of fused-ring (bicyclic) bond motifs is 1. The molecule has 0 unspecified atom stereocenters. The maximum Gasteiger partial charge on any atom is 0.336 e. The van der Waals surface area contributed by atoms with E-state index in [0.29, 0.717) is 23.9 Å². The molecule has 9 nitrogen and oxygen atoms in total. The molecular weight excluding hydrogens is 508 g/mol. The third kappa shape index (κ3) is 6.16. The van der Waals surface area contributed by atoms with E-state index in [0.717, 1.165) is 22.3 Å². The Bertz CT molecular complexity index is 1650. The van der Waals surface area contributed by atoms with Crippen LogP contribution in [0.5, 0.6) is 5.75 Å². The summed E-state index contributed by atoms with van der Waals surface area (Å²) in [6.45, 7) is 0.911. The maximum atomic E-state index is 13.2. The maximum absolute atomic E-state index is 13.2. The standard InChI is InChI=1S/C31H28N4O5/c1-40-18-24(14-20-5-8-25(36)9-6-20)33-30(37)29-16-27(31(38)39)26-15-23(7-10-28(26)34-29)22-4-2-3-21(13-22)17-35-12-11-32-19-35/h2-13,15-16,19,24,36H,14,17-18H2,1H3,(H,33,37)(H,38,39)/t24-/m0/s1. The molecule has 0 saturated carbocycles. The molecule has 1 amide bonds. The molecule has 0 saturated heterocycles. The van der Waals surface area contributed by atoms with E-state index in [1.807, 2.05) is 35.0 Å². The first-order valence-electron chi connectivity index (χ1n) is 12.7. The average Bonchev–Trinajstić information content (AvgIpc) is 3.46. The number of benzene rings is 3. The van der Waals surface area contributed by atoms with Crippen molar-refractivity contribution < 1.29 is 24.5 Å². The Morgan fingerprint density at radius 2 is 1.80 bits per heavy atom. The summed E-state index contributed by atoms with van der Waals surface area (Å²) in [6.07, 6.45) is 5.84. The molecule has 40 heavy (non-hydrogen) atoms. The zero-order valence-corrected chi connectivity index (χ0v) is 21.8. The highest BCUT2D eigenvalue weighted by Crippen LogP contribution is 2.27. The van der Waals surface area contributed by atoms with Crippen LogP contribution in [0.2, 0.25) is 0 Å². The summed E-state index contributed by atoms with van der Waals surface area (Å²) in [5.74, 6) is -1.49. The number of aromatic nitrogens is 3. The number of amides is 1. The van der Waals surface area contributed by atoms with Gasteiger partial charge in [-0.15, -0.1) is 0 Å². The Hall–Kier alpha value is -5.02. The fraction of sp³-hybridized carbons (Fsp3) is 0.161. The lowest BCUT2D eigenvalue weighted by atomic mass is 9.98. The van der Waals surface area contributed by atoms with Gasteiger partial charge >= 0.3 is 5.97 Å². The van der Waals surface area contributed by atoms with Gasteiger partial charge in [0.2, 0.25) is 0 Å². The molecule has 0 spiro atoms. The van der Waals surface area contributed by atoms with Gasteiger partial charge in [0.1, 0.15) is 11.4 Å². The quantitative estimate of drug-likeness (QED) is 0.239. The van der Waals surface area contributed by atoms with Gasteiger partial charge in [-0.1, -0.05) is 36.4 Å². The first-order chi connectivity index (χ1) is 19.4. The minimum Gasteiger partial charge on any atom is -0.508 e. The molecule has 3 N–H and O–H groups in total. The summed E-state index contributed by atoms with van der Waals surface area (Å²) in [6, 6.07) is 21.0. The number of carboxylic acid groups (broad SMARTS) is 1. The van der Waals surface area contributed by atoms with Crippen LogP contribution in [0.25, 0.3) is 22.0 Å². The molecule has 9 heteroatoms. The lowest BCUT2D eigenvalue weighted by Gasteiger charge is -2.18. The van der Waals surface area contributed by atoms with Crippen LogP contribution >= 0.6 is 0 Å². The SMILES string of the molecule is COC[C@H](Cc1ccc(O)cc1)NC(=O)c1cc(C(=O)O)c2cc(-c3cccc(Cn4ccnc4)c3)ccc2n1. The van der Waals surface area contributed by atoms with Crippen LogP contribution in [0.15, 0.2) is 91.5 Å². The van der Waals surface area contributed by atoms with Crippen molar-refractivity contribution in [2.24, 2.45) is 0 Å². The summed E-state index contributed by atoms with van der Waals surface area (Å²) in [5.41, 5.74) is 4.17. The number of carbonyl (C=O) groups excluding carboxylic acids is 1. The van der Waals surface area contributed by atoms with Crippen LogP contribution in [0.1, 0.15) is 32.0 Å². The van der Waals surface area contributed by atoms with E-state index < -0.39 is 11.9 Å². The summed E-state index contributed by atoms with van der Waals surface area (Å²) in [4.78, 5) is 34.0. The third-order valence-electron chi connectivity index (χ3n) is 6.58. The van der Waals surface area contributed by atoms with Crippen LogP contribution in [0.4, 0.5) is 0 Å². The highest BCUT2D eigenvalue weighted by atomic mass is 16.5. The van der Waals surface area contributed by atoms with E-state index in [-0.39, 0.29) is 29.7 Å². The van der Waals surface area contributed by atoms with E-state index in [4.69, 9.17) is 4.74 Å². The Kier molecular flexibility index (Phi) is 7.84. The monoisotopic (exact) mass is 536 g/mol. The van der Waals surface area contributed by atoms with Crippen LogP contribution < -0.4 is 5.32 Å². The number of hydrogen-bond donors (Lipinski definition) is 3. The number of methoxy groups -OCH3 is 1. The van der Waals surface area contributed by atoms with E-state index in [2.05, 4.69) is 21.4 Å². The molecule has 0 aliphatic carbocycles. The van der Waals surface area contributed by atoms with Crippen molar-refractivity contribution in [3.63, 3.8) is 0 Å². The van der Waals surface area contributed by atoms with Gasteiger partial charge < -0.3 is 24.8 Å². The second kappa shape index (κ2) is 11.8. The predicted molar refractivity (Wildman–Crippen MR) is 150 cm³/mol. The molecule has 0 fully saturated rings. The Labute approximate surface area is 230 Å². The molecule has 5 aromatic rings. The van der Waals surface area contributed by atoms with Crippen LogP contribution in [-0.4, -0.2) is 56.4 Å². The fourth-order valence-corrected chi connectivity index (χ4v) is 4.67. The van der Waals surface area contributed by atoms with Gasteiger partial charge in [0.15, 0.2) is 0 Å². The molecule has 5 rings (SSSR count). The number of nitrogens with one attached hydrogen (secondary N) is 1. The summed E-state index contributed by atoms with van der Waals surface area (Å²) in [5, 5.41) is 22.9. The zero-order valence-electron chi connectivity index (χ0n) is 21.8. The predicted octanol–water partition coefficient (Wildman–Crippen LogP) is 4.54. The van der Waals surface area contributed by atoms with Gasteiger partial charge in [-0.3, -0.25) is 4.79 Å². The van der Waals surface area contributed by atoms with Gasteiger partial charge in [0.25, 0.3) is 5.91 Å². The number of aromatic hydroxyl groups is 1. The third-order valence-corrected chi connectivity index (χ3v) is 6.58. The van der Waals surface area contributed by atoms with Crippen LogP contribution in [0, 0.1) is 0 Å². The average molecular weight is 537 g/mol. The van der Waals surface area contributed by atoms with Crippen molar-refractivity contribution in [1.82, 2.24) is 19.9 Å². The number of ether oxygens (including phenoxy) is 1. The second-order valence-corrected chi connectivity index (χ2v) is 9.52. The number of rotatable bonds is 10. The van der Waals surface area contributed by atoms with Crippen molar-refractivity contribution in [2.75, 3.05) is 13.7 Å². The second-order valence-electron chi connectivity index (χ2n) is 9.52. The van der Waals surface area contributed by atoms with Gasteiger partial charge in [-0.25, -0.2) is 14.8 Å². The number of carbonyl (C=O) groups is 2. The first-order valence-corrected chi connectivity index (χ1v) is 12.7. The number of imidazole rings is 1. The Balaban J connectivity index is 1.42. The number of hydrogen-bond acceptors (Lipinski definition) is 6. The Morgan fingerprint density at radius 1 is 1.00 bits per heavy atom. The molecule has 1 atom stereocenters. The van der Waals surface area contributed by atoms with Gasteiger partial charge in [0.05, 0.1) is 30.1 Å². The van der Waals surface area contributed by atoms with Crippen molar-refractivity contribution >= 4 is 22.8 Å². The minimum atomic E-state index is -1.15. The van der Waals surface area contributed by atoms with Gasteiger partial charge in [-0.05, 0) is 65.1 Å². The number of pyridine rings is 1. The van der Waals surface area contributed by atoms with E-state index in [1.165, 1.54) is 13.2 Å². The first kappa shape index (κ1) is 26.6. The highest BCUT2D eigenvalue weighted by molar-refractivity contribution is 6.06. The molecule has 3 aromatic carbocycles. The van der Waals surface area contributed by atoms with Crippen molar-refractivity contribution in [3.05, 3.63) is 114 Å². The number of phenolic OH excluding ortho intramolecular Hbond substituents is 1. The minimum absolute atomic E-state index is 0.00611. The molecular formula is C31H28N4O5. The van der Waals surface area contributed by atoms with E-state index in [9.17, 15) is 19.8 Å². The molecule has 202 valence electrons. The number of carboxylic acids is 1. The van der Waals surface area contributed by atoms with Gasteiger partial charge in [-0.2, -0.15) is 0 Å².